The molecule has 1 rings (SSSR count). The number of hydrogen-bond acceptors (Lipinski definition) is 2. The Labute approximate surface area is 93.5 Å². The molecule has 1 heterocycles. The molecule has 0 spiro atoms. The maximum absolute atomic E-state index is 12.5. The van der Waals surface area contributed by atoms with Gasteiger partial charge in [0.1, 0.15) is 5.15 Å². The number of carbonyl (C=O) groups is 1. The highest BCUT2D eigenvalue weighted by atomic mass is 35.5. The number of aromatic nitrogens is 2. The monoisotopic (exact) mass is 253 g/mol. The van der Waals surface area contributed by atoms with Crippen LogP contribution in [0, 0.1) is 0 Å². The van der Waals surface area contributed by atoms with Gasteiger partial charge >= 0.3 is 6.18 Å². The fraction of sp³-hybridized carbons (Fsp3) is 0.250. The summed E-state index contributed by atoms with van der Waals surface area (Å²) in [4.78, 5) is 10.4. The summed E-state index contributed by atoms with van der Waals surface area (Å²) >= 11 is 5.60. The molecule has 8 heteroatoms. The lowest BCUT2D eigenvalue weighted by Gasteiger charge is -2.02. The molecule has 0 aliphatic carbocycles. The van der Waals surface area contributed by atoms with Crippen LogP contribution in [0.15, 0.2) is 6.08 Å². The summed E-state index contributed by atoms with van der Waals surface area (Å²) < 4.78 is 38.3. The van der Waals surface area contributed by atoms with Crippen molar-refractivity contribution in [1.82, 2.24) is 9.78 Å². The molecule has 0 atom stereocenters. The first-order valence-corrected chi connectivity index (χ1v) is 4.38. The smallest absolute Gasteiger partial charge is 0.366 e. The van der Waals surface area contributed by atoms with E-state index in [-0.39, 0.29) is 10.7 Å². The predicted molar refractivity (Wildman–Crippen MR) is 51.4 cm³/mol. The quantitative estimate of drug-likeness (QED) is 0.814. The van der Waals surface area contributed by atoms with Crippen LogP contribution in [0.4, 0.5) is 13.2 Å². The Morgan fingerprint density at radius 3 is 2.56 bits per heavy atom. The zero-order chi connectivity index (χ0) is 12.5. The third-order valence-corrected chi connectivity index (χ3v) is 2.14. The number of amides is 1. The number of aryl methyl sites for hydroxylation is 1. The average molecular weight is 254 g/mol. The van der Waals surface area contributed by atoms with Gasteiger partial charge in [0.2, 0.25) is 5.91 Å². The van der Waals surface area contributed by atoms with E-state index in [1.807, 2.05) is 0 Å². The van der Waals surface area contributed by atoms with Crippen molar-refractivity contribution in [2.45, 2.75) is 6.18 Å². The second-order valence-corrected chi connectivity index (χ2v) is 3.27. The second kappa shape index (κ2) is 4.17. The highest BCUT2D eigenvalue weighted by Crippen LogP contribution is 2.34. The molecule has 0 aliphatic heterocycles. The van der Waals surface area contributed by atoms with Gasteiger partial charge in [-0.25, -0.2) is 0 Å². The molecule has 0 radical (unpaired) electrons. The Hall–Kier alpha value is -1.50. The molecule has 4 nitrogen and oxygen atoms in total. The fourth-order valence-electron chi connectivity index (χ4n) is 1.04. The summed E-state index contributed by atoms with van der Waals surface area (Å²) in [6.07, 6.45) is -2.96. The average Bonchev–Trinajstić information content (AvgIpc) is 2.40. The molecule has 16 heavy (non-hydrogen) atoms. The SMILES string of the molecule is Cn1nc(C(F)(F)F)c(/C=C/C(N)=O)c1Cl. The molecule has 0 saturated carbocycles. The van der Waals surface area contributed by atoms with Gasteiger partial charge in [-0.15, -0.1) is 0 Å². The molecule has 0 saturated heterocycles. The van der Waals surface area contributed by atoms with Crippen LogP contribution in [0.3, 0.4) is 0 Å². The van der Waals surface area contributed by atoms with Gasteiger partial charge in [0.15, 0.2) is 5.69 Å². The Morgan fingerprint density at radius 2 is 2.12 bits per heavy atom. The van der Waals surface area contributed by atoms with Gasteiger partial charge in [-0.1, -0.05) is 11.6 Å². The molecule has 2 N–H and O–H groups in total. The molecule has 0 bridgehead atoms. The van der Waals surface area contributed by atoms with E-state index in [1.54, 1.807) is 0 Å². The van der Waals surface area contributed by atoms with Crippen molar-refractivity contribution < 1.29 is 18.0 Å². The zero-order valence-electron chi connectivity index (χ0n) is 8.05. The van der Waals surface area contributed by atoms with Gasteiger partial charge in [0, 0.05) is 18.7 Å². The van der Waals surface area contributed by atoms with Crippen LogP contribution < -0.4 is 5.73 Å². The first-order valence-electron chi connectivity index (χ1n) is 4.00. The number of primary amides is 1. The van der Waals surface area contributed by atoms with Crippen LogP contribution in [0.5, 0.6) is 0 Å². The number of carbonyl (C=O) groups excluding carboxylic acids is 1. The summed E-state index contributed by atoms with van der Waals surface area (Å²) in [5.41, 5.74) is 3.24. The van der Waals surface area contributed by atoms with Crippen LogP contribution in [0.25, 0.3) is 6.08 Å². The van der Waals surface area contributed by atoms with Crippen molar-refractivity contribution in [2.24, 2.45) is 12.8 Å². The third kappa shape index (κ3) is 2.54. The van der Waals surface area contributed by atoms with Crippen LogP contribution in [-0.2, 0) is 18.0 Å². The largest absolute Gasteiger partial charge is 0.435 e. The molecule has 1 aromatic heterocycles. The van der Waals surface area contributed by atoms with Crippen LogP contribution in [0.1, 0.15) is 11.3 Å². The maximum Gasteiger partial charge on any atom is 0.435 e. The van der Waals surface area contributed by atoms with Crippen molar-refractivity contribution >= 4 is 23.6 Å². The van der Waals surface area contributed by atoms with Crippen LogP contribution >= 0.6 is 11.6 Å². The summed E-state index contributed by atoms with van der Waals surface area (Å²) in [5, 5.41) is 3.00. The molecular formula is C8H7ClF3N3O. The van der Waals surface area contributed by atoms with E-state index in [0.29, 0.717) is 0 Å². The summed E-state index contributed by atoms with van der Waals surface area (Å²) in [6, 6.07) is 0. The Balaban J connectivity index is 3.30. The number of hydrogen-bond donors (Lipinski definition) is 1. The van der Waals surface area contributed by atoms with E-state index >= 15 is 0 Å². The predicted octanol–water partition coefficient (Wildman–Crippen LogP) is 1.59. The minimum atomic E-state index is -4.64. The standard InChI is InChI=1S/C8H7ClF3N3O/c1-15-7(9)4(2-3-5(13)16)6(14-15)8(10,11)12/h2-3H,1H3,(H2,13,16)/b3-2+. The molecule has 0 unspecified atom stereocenters. The van der Waals surface area contributed by atoms with Crippen LogP contribution in [-0.4, -0.2) is 15.7 Å². The van der Waals surface area contributed by atoms with Gasteiger partial charge in [0.05, 0.1) is 0 Å². The zero-order valence-corrected chi connectivity index (χ0v) is 8.80. The fourth-order valence-corrected chi connectivity index (χ4v) is 1.23. The van der Waals surface area contributed by atoms with Gasteiger partial charge in [0.25, 0.3) is 0 Å². The maximum atomic E-state index is 12.5. The molecule has 0 aromatic carbocycles. The third-order valence-electron chi connectivity index (χ3n) is 1.69. The van der Waals surface area contributed by atoms with Crippen molar-refractivity contribution in [3.63, 3.8) is 0 Å². The number of alkyl halides is 3. The topological polar surface area (TPSA) is 60.9 Å². The Kier molecular flexibility index (Phi) is 3.27. The molecule has 1 aromatic rings. The van der Waals surface area contributed by atoms with Gasteiger partial charge in [-0.3, -0.25) is 9.48 Å². The van der Waals surface area contributed by atoms with E-state index in [1.165, 1.54) is 7.05 Å². The summed E-state index contributed by atoms with van der Waals surface area (Å²) in [6.45, 7) is 0. The molecule has 0 fully saturated rings. The number of nitrogens with two attached hydrogens (primary N) is 1. The normalized spacial score (nSPS) is 12.3. The Morgan fingerprint density at radius 1 is 1.56 bits per heavy atom. The highest BCUT2D eigenvalue weighted by Gasteiger charge is 2.37. The van der Waals surface area contributed by atoms with E-state index in [2.05, 4.69) is 5.10 Å². The summed E-state index contributed by atoms with van der Waals surface area (Å²) in [5.74, 6) is -0.868. The molecule has 0 aliphatic rings. The Bertz CT molecular complexity index is 450. The van der Waals surface area contributed by atoms with E-state index in [0.717, 1.165) is 16.8 Å². The lowest BCUT2D eigenvalue weighted by Crippen LogP contribution is -2.09. The molecule has 88 valence electrons. The number of rotatable bonds is 2. The second-order valence-electron chi connectivity index (χ2n) is 2.91. The van der Waals surface area contributed by atoms with Crippen molar-refractivity contribution in [2.75, 3.05) is 0 Å². The minimum Gasteiger partial charge on any atom is -0.366 e. The van der Waals surface area contributed by atoms with Gasteiger partial charge in [-0.05, 0) is 6.08 Å². The van der Waals surface area contributed by atoms with Crippen molar-refractivity contribution in [3.05, 3.63) is 22.5 Å². The minimum absolute atomic E-state index is 0.218. The first kappa shape index (κ1) is 12.6. The molecule has 1 amide bonds. The highest BCUT2D eigenvalue weighted by molar-refractivity contribution is 6.31. The lowest BCUT2D eigenvalue weighted by molar-refractivity contribution is -0.141. The first-order chi connectivity index (χ1) is 7.23. The van der Waals surface area contributed by atoms with Crippen molar-refractivity contribution in [1.29, 1.82) is 0 Å². The van der Waals surface area contributed by atoms with E-state index in [9.17, 15) is 18.0 Å². The summed E-state index contributed by atoms with van der Waals surface area (Å²) in [7, 11) is 1.26. The molecular weight excluding hydrogens is 247 g/mol. The number of nitrogens with zero attached hydrogens (tertiary/aromatic N) is 2. The van der Waals surface area contributed by atoms with Gasteiger partial charge < -0.3 is 5.73 Å². The van der Waals surface area contributed by atoms with E-state index < -0.39 is 17.8 Å². The lowest BCUT2D eigenvalue weighted by atomic mass is 10.2. The van der Waals surface area contributed by atoms with Gasteiger partial charge in [-0.2, -0.15) is 18.3 Å². The van der Waals surface area contributed by atoms with E-state index in [4.69, 9.17) is 17.3 Å². The number of halogens is 4. The van der Waals surface area contributed by atoms with Crippen LogP contribution in [0.2, 0.25) is 5.15 Å². The van der Waals surface area contributed by atoms with Crippen molar-refractivity contribution in [3.8, 4) is 0 Å².